The highest BCUT2D eigenvalue weighted by atomic mass is 35.5. The zero-order valence-electron chi connectivity index (χ0n) is 8.22. The molecule has 74 valence electrons. The second-order valence-electron chi connectivity index (χ2n) is 4.22. The Morgan fingerprint density at radius 2 is 2.08 bits per heavy atom. The Morgan fingerprint density at radius 3 is 2.50 bits per heavy atom. The van der Waals surface area contributed by atoms with Gasteiger partial charge in [-0.2, -0.15) is 0 Å². The lowest BCUT2D eigenvalue weighted by molar-refractivity contribution is -0.0121. The number of halogens is 1. The first kappa shape index (κ1) is 12.2. The fourth-order valence-corrected chi connectivity index (χ4v) is 1.25. The highest BCUT2D eigenvalue weighted by molar-refractivity contribution is 5.85. The fraction of sp³-hybridized carbons (Fsp3) is 1.00. The summed E-state index contributed by atoms with van der Waals surface area (Å²) in [6.07, 6.45) is 2.58. The van der Waals surface area contributed by atoms with Crippen LogP contribution in [0.3, 0.4) is 0 Å². The van der Waals surface area contributed by atoms with Crippen LogP contribution in [0.1, 0.15) is 33.6 Å². The standard InChI is InChI=1S/C9H19NO.ClH/c1-9(2,3)11-7-8-5-4-6-10-8;/h8,10H,4-7H2,1-3H3;1H. The number of nitrogens with one attached hydrogen (secondary N) is 1. The molecular formula is C9H20ClNO. The van der Waals surface area contributed by atoms with Crippen LogP contribution in [0.5, 0.6) is 0 Å². The zero-order valence-corrected chi connectivity index (χ0v) is 9.04. The van der Waals surface area contributed by atoms with E-state index in [1.54, 1.807) is 0 Å². The normalized spacial score (nSPS) is 23.8. The van der Waals surface area contributed by atoms with Gasteiger partial charge in [0.1, 0.15) is 0 Å². The predicted molar refractivity (Wildman–Crippen MR) is 54.0 cm³/mol. The molecule has 3 heteroatoms. The molecule has 0 spiro atoms. The smallest absolute Gasteiger partial charge is 0.0626 e. The van der Waals surface area contributed by atoms with Gasteiger partial charge in [0.2, 0.25) is 0 Å². The van der Waals surface area contributed by atoms with Crippen LogP contribution in [-0.2, 0) is 4.74 Å². The summed E-state index contributed by atoms with van der Waals surface area (Å²) in [6, 6.07) is 0.606. The van der Waals surface area contributed by atoms with Gasteiger partial charge in [0.25, 0.3) is 0 Å². The zero-order chi connectivity index (χ0) is 8.32. The second kappa shape index (κ2) is 5.05. The summed E-state index contributed by atoms with van der Waals surface area (Å²) in [7, 11) is 0. The van der Waals surface area contributed by atoms with Gasteiger partial charge < -0.3 is 10.1 Å². The molecule has 0 amide bonds. The molecule has 1 aliphatic heterocycles. The number of hydrogen-bond acceptors (Lipinski definition) is 2. The van der Waals surface area contributed by atoms with Gasteiger partial charge in [-0.1, -0.05) is 0 Å². The molecule has 2 nitrogen and oxygen atoms in total. The van der Waals surface area contributed by atoms with E-state index in [1.165, 1.54) is 12.8 Å². The molecular weight excluding hydrogens is 174 g/mol. The van der Waals surface area contributed by atoms with Gasteiger partial charge in [-0.05, 0) is 40.2 Å². The summed E-state index contributed by atoms with van der Waals surface area (Å²) in [5.74, 6) is 0. The van der Waals surface area contributed by atoms with Gasteiger partial charge in [-0.25, -0.2) is 0 Å². The summed E-state index contributed by atoms with van der Waals surface area (Å²) >= 11 is 0. The van der Waals surface area contributed by atoms with Crippen molar-refractivity contribution in [2.75, 3.05) is 13.2 Å². The predicted octanol–water partition coefficient (Wildman–Crippen LogP) is 1.98. The van der Waals surface area contributed by atoms with Crippen LogP contribution in [0.15, 0.2) is 0 Å². The van der Waals surface area contributed by atoms with Crippen molar-refractivity contribution in [3.8, 4) is 0 Å². The number of rotatable bonds is 2. The van der Waals surface area contributed by atoms with Crippen molar-refractivity contribution >= 4 is 12.4 Å². The topological polar surface area (TPSA) is 21.3 Å². The van der Waals surface area contributed by atoms with E-state index in [9.17, 15) is 0 Å². The molecule has 1 N–H and O–H groups in total. The highest BCUT2D eigenvalue weighted by Crippen LogP contribution is 2.11. The Bertz CT molecular complexity index is 116. The van der Waals surface area contributed by atoms with E-state index in [1.807, 2.05) is 0 Å². The Labute approximate surface area is 81.5 Å². The molecule has 1 rings (SSSR count). The third kappa shape index (κ3) is 4.96. The van der Waals surface area contributed by atoms with Crippen LogP contribution >= 0.6 is 12.4 Å². The van der Waals surface area contributed by atoms with Gasteiger partial charge in [0.15, 0.2) is 0 Å². The molecule has 0 radical (unpaired) electrons. The van der Waals surface area contributed by atoms with Gasteiger partial charge in [0.05, 0.1) is 12.2 Å². The summed E-state index contributed by atoms with van der Waals surface area (Å²) in [4.78, 5) is 0. The molecule has 0 aliphatic carbocycles. The van der Waals surface area contributed by atoms with E-state index in [4.69, 9.17) is 4.74 Å². The molecule has 0 aromatic rings. The minimum atomic E-state index is 0. The van der Waals surface area contributed by atoms with Gasteiger partial charge in [0, 0.05) is 6.04 Å². The third-order valence-electron chi connectivity index (χ3n) is 1.88. The maximum absolute atomic E-state index is 5.65. The molecule has 1 saturated heterocycles. The Balaban J connectivity index is 0.00000121. The van der Waals surface area contributed by atoms with E-state index in [0.717, 1.165) is 13.2 Å². The maximum atomic E-state index is 5.65. The van der Waals surface area contributed by atoms with Crippen molar-refractivity contribution < 1.29 is 4.74 Å². The van der Waals surface area contributed by atoms with E-state index in [2.05, 4.69) is 26.1 Å². The van der Waals surface area contributed by atoms with Crippen LogP contribution in [0.4, 0.5) is 0 Å². The first-order valence-corrected chi connectivity index (χ1v) is 4.45. The lowest BCUT2D eigenvalue weighted by atomic mass is 10.2. The van der Waals surface area contributed by atoms with Crippen LogP contribution in [-0.4, -0.2) is 24.8 Å². The van der Waals surface area contributed by atoms with Crippen molar-refractivity contribution in [2.45, 2.75) is 45.3 Å². The minimum Gasteiger partial charge on any atom is -0.374 e. The first-order valence-electron chi connectivity index (χ1n) is 4.45. The van der Waals surface area contributed by atoms with Crippen LogP contribution < -0.4 is 5.32 Å². The number of hydrogen-bond donors (Lipinski definition) is 1. The third-order valence-corrected chi connectivity index (χ3v) is 1.88. The first-order chi connectivity index (χ1) is 5.08. The Kier molecular flexibility index (Phi) is 5.14. The van der Waals surface area contributed by atoms with E-state index in [0.29, 0.717) is 6.04 Å². The summed E-state index contributed by atoms with van der Waals surface area (Å²) in [6.45, 7) is 8.33. The summed E-state index contributed by atoms with van der Waals surface area (Å²) in [5, 5.41) is 3.40. The number of ether oxygens (including phenoxy) is 1. The van der Waals surface area contributed by atoms with E-state index in [-0.39, 0.29) is 18.0 Å². The van der Waals surface area contributed by atoms with Crippen molar-refractivity contribution in [1.82, 2.24) is 5.32 Å². The van der Waals surface area contributed by atoms with Crippen molar-refractivity contribution in [3.63, 3.8) is 0 Å². The van der Waals surface area contributed by atoms with Crippen LogP contribution in [0, 0.1) is 0 Å². The molecule has 0 saturated carbocycles. The van der Waals surface area contributed by atoms with E-state index < -0.39 is 0 Å². The molecule has 1 aliphatic rings. The molecule has 0 aromatic heterocycles. The highest BCUT2D eigenvalue weighted by Gasteiger charge is 2.17. The van der Waals surface area contributed by atoms with Crippen molar-refractivity contribution in [1.29, 1.82) is 0 Å². The average Bonchev–Trinajstić information content (AvgIpc) is 2.32. The molecule has 0 bridgehead atoms. The average molecular weight is 194 g/mol. The quantitative estimate of drug-likeness (QED) is 0.724. The van der Waals surface area contributed by atoms with Gasteiger partial charge in [-0.15, -0.1) is 12.4 Å². The fourth-order valence-electron chi connectivity index (χ4n) is 1.25. The van der Waals surface area contributed by atoms with Crippen LogP contribution in [0.25, 0.3) is 0 Å². The molecule has 1 fully saturated rings. The maximum Gasteiger partial charge on any atom is 0.0626 e. The largest absolute Gasteiger partial charge is 0.374 e. The molecule has 1 unspecified atom stereocenters. The minimum absolute atomic E-state index is 0. The molecule has 1 atom stereocenters. The SMILES string of the molecule is CC(C)(C)OCC1CCCN1.Cl. The molecule has 1 heterocycles. The summed E-state index contributed by atoms with van der Waals surface area (Å²) in [5.41, 5.74) is 0.0181. The second-order valence-corrected chi connectivity index (χ2v) is 4.22. The lowest BCUT2D eigenvalue weighted by Gasteiger charge is -2.22. The van der Waals surface area contributed by atoms with Crippen LogP contribution in [0.2, 0.25) is 0 Å². The van der Waals surface area contributed by atoms with Gasteiger partial charge in [-0.3, -0.25) is 0 Å². The van der Waals surface area contributed by atoms with Crippen molar-refractivity contribution in [3.05, 3.63) is 0 Å². The molecule has 0 aromatic carbocycles. The van der Waals surface area contributed by atoms with Crippen molar-refractivity contribution in [2.24, 2.45) is 0 Å². The van der Waals surface area contributed by atoms with E-state index >= 15 is 0 Å². The monoisotopic (exact) mass is 193 g/mol. The molecule has 12 heavy (non-hydrogen) atoms. The van der Waals surface area contributed by atoms with Gasteiger partial charge >= 0.3 is 0 Å². The summed E-state index contributed by atoms with van der Waals surface area (Å²) < 4.78 is 5.65. The Hall–Kier alpha value is 0.210. The Morgan fingerprint density at radius 1 is 1.42 bits per heavy atom. The lowest BCUT2D eigenvalue weighted by Crippen LogP contribution is -2.31.